The molecule has 0 bridgehead atoms. The van der Waals surface area contributed by atoms with Crippen LogP contribution in [0.3, 0.4) is 0 Å². The SMILES string of the molecule is Cc1nnc2ccc(-c3ccc(NC(=O)c4cc(Br)ccc4Cl)cc3)nn12. The lowest BCUT2D eigenvalue weighted by atomic mass is 10.1. The van der Waals surface area contributed by atoms with Crippen LogP contribution in [0.25, 0.3) is 16.9 Å². The molecule has 1 N–H and O–H groups in total. The molecule has 0 saturated carbocycles. The molecular weight excluding hydrogens is 430 g/mol. The van der Waals surface area contributed by atoms with Crippen LogP contribution in [0.1, 0.15) is 16.2 Å². The summed E-state index contributed by atoms with van der Waals surface area (Å²) < 4.78 is 2.48. The molecule has 0 atom stereocenters. The van der Waals surface area contributed by atoms with E-state index in [-0.39, 0.29) is 5.91 Å². The normalized spacial score (nSPS) is 10.9. The number of nitrogens with one attached hydrogen (secondary N) is 1. The number of nitrogens with zero attached hydrogens (tertiary/aromatic N) is 4. The first-order chi connectivity index (χ1) is 13.0. The zero-order chi connectivity index (χ0) is 19.0. The van der Waals surface area contributed by atoms with Crippen molar-refractivity contribution in [2.45, 2.75) is 6.92 Å². The molecule has 27 heavy (non-hydrogen) atoms. The van der Waals surface area contributed by atoms with E-state index in [4.69, 9.17) is 11.6 Å². The lowest BCUT2D eigenvalue weighted by Crippen LogP contribution is -2.12. The number of hydrogen-bond donors (Lipinski definition) is 1. The van der Waals surface area contributed by atoms with E-state index >= 15 is 0 Å². The summed E-state index contributed by atoms with van der Waals surface area (Å²) in [6.45, 7) is 1.85. The molecule has 0 aliphatic heterocycles. The number of carbonyl (C=O) groups excluding carboxylic acids is 1. The Kier molecular flexibility index (Phi) is 4.63. The van der Waals surface area contributed by atoms with Crippen LogP contribution >= 0.6 is 27.5 Å². The summed E-state index contributed by atoms with van der Waals surface area (Å²) in [5.41, 5.74) is 3.49. The Morgan fingerprint density at radius 3 is 2.63 bits per heavy atom. The lowest BCUT2D eigenvalue weighted by molar-refractivity contribution is 0.102. The van der Waals surface area contributed by atoms with Gasteiger partial charge in [0.05, 0.1) is 16.3 Å². The van der Waals surface area contributed by atoms with E-state index in [0.717, 1.165) is 21.6 Å². The Bertz CT molecular complexity index is 1160. The molecule has 0 saturated heterocycles. The summed E-state index contributed by atoms with van der Waals surface area (Å²) in [6.07, 6.45) is 0. The molecule has 4 aromatic rings. The molecule has 0 aliphatic rings. The fourth-order valence-electron chi connectivity index (χ4n) is 2.64. The van der Waals surface area contributed by atoms with Crippen molar-refractivity contribution in [3.05, 3.63) is 75.5 Å². The standard InChI is InChI=1S/C19H13BrClN5O/c1-11-23-24-18-9-8-17(25-26(11)18)12-2-5-14(6-3-12)22-19(27)15-10-13(20)4-7-16(15)21/h2-10H,1H3,(H,22,27). The van der Waals surface area contributed by atoms with E-state index in [9.17, 15) is 4.79 Å². The lowest BCUT2D eigenvalue weighted by Gasteiger charge is -2.08. The Morgan fingerprint density at radius 1 is 1.07 bits per heavy atom. The number of halogens is 2. The molecular formula is C19H13BrClN5O. The number of fused-ring (bicyclic) bond motifs is 1. The highest BCUT2D eigenvalue weighted by molar-refractivity contribution is 9.10. The first kappa shape index (κ1) is 17.6. The molecule has 6 nitrogen and oxygen atoms in total. The quantitative estimate of drug-likeness (QED) is 0.496. The summed E-state index contributed by atoms with van der Waals surface area (Å²) in [6, 6.07) is 16.3. The van der Waals surface area contributed by atoms with E-state index in [1.54, 1.807) is 22.7 Å². The van der Waals surface area contributed by atoms with Gasteiger partial charge in [0.25, 0.3) is 5.91 Å². The number of benzene rings is 2. The van der Waals surface area contributed by atoms with Gasteiger partial charge in [0, 0.05) is 15.7 Å². The van der Waals surface area contributed by atoms with Crippen molar-refractivity contribution in [1.82, 2.24) is 19.8 Å². The summed E-state index contributed by atoms with van der Waals surface area (Å²) in [4.78, 5) is 12.5. The van der Waals surface area contributed by atoms with Crippen LogP contribution in [0.5, 0.6) is 0 Å². The maximum atomic E-state index is 12.5. The molecule has 2 heterocycles. The maximum absolute atomic E-state index is 12.5. The minimum Gasteiger partial charge on any atom is -0.322 e. The number of anilines is 1. The molecule has 0 unspecified atom stereocenters. The largest absolute Gasteiger partial charge is 0.322 e. The van der Waals surface area contributed by atoms with Crippen LogP contribution in [0, 0.1) is 6.92 Å². The average Bonchev–Trinajstić information content (AvgIpc) is 3.04. The summed E-state index contributed by atoms with van der Waals surface area (Å²) in [5, 5.41) is 15.8. The average molecular weight is 443 g/mol. The zero-order valence-electron chi connectivity index (χ0n) is 14.1. The van der Waals surface area contributed by atoms with Crippen molar-refractivity contribution in [2.24, 2.45) is 0 Å². The predicted molar refractivity (Wildman–Crippen MR) is 108 cm³/mol. The van der Waals surface area contributed by atoms with Crippen LogP contribution in [-0.2, 0) is 0 Å². The monoisotopic (exact) mass is 441 g/mol. The van der Waals surface area contributed by atoms with Crippen LogP contribution in [0.15, 0.2) is 59.1 Å². The number of carbonyl (C=O) groups is 1. The van der Waals surface area contributed by atoms with Crippen LogP contribution in [0.2, 0.25) is 5.02 Å². The van der Waals surface area contributed by atoms with E-state index < -0.39 is 0 Å². The van der Waals surface area contributed by atoms with E-state index in [1.807, 2.05) is 43.3 Å². The Balaban J connectivity index is 1.57. The van der Waals surface area contributed by atoms with Gasteiger partial charge in [0.2, 0.25) is 0 Å². The second kappa shape index (κ2) is 7.09. The summed E-state index contributed by atoms with van der Waals surface area (Å²) in [5.74, 6) is 0.454. The van der Waals surface area contributed by atoms with Crippen molar-refractivity contribution in [3.63, 3.8) is 0 Å². The highest BCUT2D eigenvalue weighted by Crippen LogP contribution is 2.24. The van der Waals surface area contributed by atoms with Gasteiger partial charge in [-0.05, 0) is 49.4 Å². The molecule has 4 rings (SSSR count). The molecule has 0 fully saturated rings. The molecule has 0 radical (unpaired) electrons. The Hall–Kier alpha value is -2.77. The van der Waals surface area contributed by atoms with Gasteiger partial charge in [-0.2, -0.15) is 9.61 Å². The van der Waals surface area contributed by atoms with Gasteiger partial charge in [-0.1, -0.05) is 39.7 Å². The van der Waals surface area contributed by atoms with Gasteiger partial charge < -0.3 is 5.32 Å². The molecule has 0 aliphatic carbocycles. The Morgan fingerprint density at radius 2 is 1.85 bits per heavy atom. The fourth-order valence-corrected chi connectivity index (χ4v) is 3.21. The topological polar surface area (TPSA) is 72.2 Å². The first-order valence-electron chi connectivity index (χ1n) is 8.07. The van der Waals surface area contributed by atoms with Crippen LogP contribution in [0.4, 0.5) is 5.69 Å². The number of hydrogen-bond acceptors (Lipinski definition) is 4. The zero-order valence-corrected chi connectivity index (χ0v) is 16.5. The summed E-state index contributed by atoms with van der Waals surface area (Å²) >= 11 is 9.46. The van der Waals surface area contributed by atoms with E-state index in [2.05, 4.69) is 36.5 Å². The van der Waals surface area contributed by atoms with Crippen molar-refractivity contribution < 1.29 is 4.79 Å². The third-order valence-electron chi connectivity index (χ3n) is 4.03. The molecule has 8 heteroatoms. The second-order valence-electron chi connectivity index (χ2n) is 5.89. The van der Waals surface area contributed by atoms with Crippen molar-refractivity contribution in [2.75, 3.05) is 5.32 Å². The molecule has 1 amide bonds. The third kappa shape index (κ3) is 3.56. The minimum absolute atomic E-state index is 0.270. The van der Waals surface area contributed by atoms with Crippen LogP contribution in [-0.4, -0.2) is 25.7 Å². The van der Waals surface area contributed by atoms with E-state index in [0.29, 0.717) is 21.9 Å². The maximum Gasteiger partial charge on any atom is 0.257 e. The number of aryl methyl sites for hydroxylation is 1. The third-order valence-corrected chi connectivity index (χ3v) is 4.85. The van der Waals surface area contributed by atoms with Gasteiger partial charge >= 0.3 is 0 Å². The highest BCUT2D eigenvalue weighted by Gasteiger charge is 2.12. The van der Waals surface area contributed by atoms with Crippen LogP contribution < -0.4 is 5.32 Å². The van der Waals surface area contributed by atoms with Gasteiger partial charge in [0.15, 0.2) is 11.5 Å². The van der Waals surface area contributed by atoms with Gasteiger partial charge in [0.1, 0.15) is 0 Å². The first-order valence-corrected chi connectivity index (χ1v) is 9.24. The van der Waals surface area contributed by atoms with Crippen molar-refractivity contribution >= 4 is 44.8 Å². The predicted octanol–water partition coefficient (Wildman–Crippen LogP) is 4.77. The number of aromatic nitrogens is 4. The van der Waals surface area contributed by atoms with E-state index in [1.165, 1.54) is 0 Å². The molecule has 0 spiro atoms. The van der Waals surface area contributed by atoms with Gasteiger partial charge in [-0.25, -0.2) is 0 Å². The Labute approximate surface area is 168 Å². The second-order valence-corrected chi connectivity index (χ2v) is 7.21. The molecule has 134 valence electrons. The number of amides is 1. The van der Waals surface area contributed by atoms with Gasteiger partial charge in [-0.3, -0.25) is 4.79 Å². The molecule has 2 aromatic heterocycles. The van der Waals surface area contributed by atoms with Crippen molar-refractivity contribution in [3.8, 4) is 11.3 Å². The van der Waals surface area contributed by atoms with Gasteiger partial charge in [-0.15, -0.1) is 10.2 Å². The fraction of sp³-hybridized carbons (Fsp3) is 0.0526. The minimum atomic E-state index is -0.270. The summed E-state index contributed by atoms with van der Waals surface area (Å²) in [7, 11) is 0. The number of rotatable bonds is 3. The molecule has 2 aromatic carbocycles. The smallest absolute Gasteiger partial charge is 0.257 e. The highest BCUT2D eigenvalue weighted by atomic mass is 79.9. The van der Waals surface area contributed by atoms with Crippen molar-refractivity contribution in [1.29, 1.82) is 0 Å².